The van der Waals surface area contributed by atoms with E-state index in [0.29, 0.717) is 12.2 Å². The van der Waals surface area contributed by atoms with E-state index in [1.165, 1.54) is 22.7 Å². The van der Waals surface area contributed by atoms with Crippen LogP contribution < -0.4 is 5.32 Å². The molecule has 0 unspecified atom stereocenters. The van der Waals surface area contributed by atoms with Gasteiger partial charge in [-0.1, -0.05) is 17.7 Å². The van der Waals surface area contributed by atoms with Crippen LogP contribution in [0, 0.1) is 0 Å². The first-order valence-corrected chi connectivity index (χ1v) is 8.97. The maximum atomic E-state index is 12.6. The molecule has 0 atom stereocenters. The SMILES string of the molecule is CNCc1ccc(Cl)c(S(=O)(=O)N(C)Cc2cscn2)c1. The molecular weight excluding hydrogens is 330 g/mol. The lowest BCUT2D eigenvalue weighted by Gasteiger charge is -2.17. The van der Waals surface area contributed by atoms with E-state index in [1.807, 2.05) is 5.38 Å². The molecule has 0 aliphatic rings. The van der Waals surface area contributed by atoms with Crippen molar-refractivity contribution < 1.29 is 8.42 Å². The van der Waals surface area contributed by atoms with Crippen molar-refractivity contribution in [1.29, 1.82) is 0 Å². The Balaban J connectivity index is 2.31. The van der Waals surface area contributed by atoms with E-state index in [1.54, 1.807) is 30.8 Å². The first-order chi connectivity index (χ1) is 9.95. The van der Waals surface area contributed by atoms with Gasteiger partial charge in [0, 0.05) is 19.0 Å². The summed E-state index contributed by atoms with van der Waals surface area (Å²) < 4.78 is 26.5. The summed E-state index contributed by atoms with van der Waals surface area (Å²) in [7, 11) is -0.322. The first kappa shape index (κ1) is 16.4. The van der Waals surface area contributed by atoms with Gasteiger partial charge >= 0.3 is 0 Å². The third-order valence-corrected chi connectivity index (χ3v) is 5.85. The van der Waals surface area contributed by atoms with Crippen molar-refractivity contribution in [2.75, 3.05) is 14.1 Å². The predicted octanol–water partition coefficient (Wildman–Crippen LogP) is 2.34. The van der Waals surface area contributed by atoms with Crippen molar-refractivity contribution in [2.45, 2.75) is 18.0 Å². The number of halogens is 1. The van der Waals surface area contributed by atoms with Crippen molar-refractivity contribution >= 4 is 33.0 Å². The zero-order valence-corrected chi connectivity index (χ0v) is 14.1. The van der Waals surface area contributed by atoms with Gasteiger partial charge in [-0.2, -0.15) is 4.31 Å². The molecule has 8 heteroatoms. The zero-order valence-electron chi connectivity index (χ0n) is 11.7. The Morgan fingerprint density at radius 1 is 1.43 bits per heavy atom. The van der Waals surface area contributed by atoms with Crippen LogP contribution in [0.25, 0.3) is 0 Å². The lowest BCUT2D eigenvalue weighted by Crippen LogP contribution is -2.27. The maximum Gasteiger partial charge on any atom is 0.244 e. The van der Waals surface area contributed by atoms with E-state index in [9.17, 15) is 8.42 Å². The van der Waals surface area contributed by atoms with Crippen LogP contribution in [0.4, 0.5) is 0 Å². The van der Waals surface area contributed by atoms with Gasteiger partial charge in [0.05, 0.1) is 22.8 Å². The van der Waals surface area contributed by atoms with Crippen LogP contribution in [0.5, 0.6) is 0 Å². The summed E-state index contributed by atoms with van der Waals surface area (Å²) in [5, 5.41) is 5.03. The van der Waals surface area contributed by atoms with Crippen LogP contribution in [0.3, 0.4) is 0 Å². The largest absolute Gasteiger partial charge is 0.316 e. The summed E-state index contributed by atoms with van der Waals surface area (Å²) in [6, 6.07) is 5.02. The molecule has 0 fully saturated rings. The monoisotopic (exact) mass is 345 g/mol. The van der Waals surface area contributed by atoms with Gasteiger partial charge in [-0.3, -0.25) is 0 Å². The quantitative estimate of drug-likeness (QED) is 0.872. The van der Waals surface area contributed by atoms with Crippen LogP contribution in [0.2, 0.25) is 5.02 Å². The molecule has 21 heavy (non-hydrogen) atoms. The minimum Gasteiger partial charge on any atom is -0.316 e. The fourth-order valence-corrected chi connectivity index (χ4v) is 4.07. The Bertz CT molecular complexity index is 702. The molecule has 1 aromatic carbocycles. The molecule has 0 aliphatic heterocycles. The maximum absolute atomic E-state index is 12.6. The van der Waals surface area contributed by atoms with E-state index in [-0.39, 0.29) is 16.5 Å². The average molecular weight is 346 g/mol. The molecule has 0 radical (unpaired) electrons. The third kappa shape index (κ3) is 3.81. The topological polar surface area (TPSA) is 62.3 Å². The van der Waals surface area contributed by atoms with E-state index < -0.39 is 10.0 Å². The van der Waals surface area contributed by atoms with Gasteiger partial charge in [-0.05, 0) is 24.7 Å². The van der Waals surface area contributed by atoms with Gasteiger partial charge in [0.15, 0.2) is 0 Å². The van der Waals surface area contributed by atoms with Gasteiger partial charge < -0.3 is 5.32 Å². The Hall–Kier alpha value is -0.990. The van der Waals surface area contributed by atoms with Crippen molar-refractivity contribution in [3.8, 4) is 0 Å². The Morgan fingerprint density at radius 3 is 2.81 bits per heavy atom. The summed E-state index contributed by atoms with van der Waals surface area (Å²) in [5.74, 6) is 0. The normalized spacial score (nSPS) is 12.0. The molecule has 114 valence electrons. The molecule has 1 heterocycles. The standard InChI is InChI=1S/C13H16ClN3O2S2/c1-15-6-10-3-4-12(14)13(5-10)21(18,19)17(2)7-11-8-20-9-16-11/h3-5,8-9,15H,6-7H2,1-2H3. The van der Waals surface area contributed by atoms with E-state index in [0.717, 1.165) is 5.56 Å². The van der Waals surface area contributed by atoms with Crippen LogP contribution in [-0.2, 0) is 23.1 Å². The number of nitrogens with one attached hydrogen (secondary N) is 1. The smallest absolute Gasteiger partial charge is 0.244 e. The summed E-state index contributed by atoms with van der Waals surface area (Å²) in [4.78, 5) is 4.22. The first-order valence-electron chi connectivity index (χ1n) is 6.21. The second-order valence-electron chi connectivity index (χ2n) is 4.54. The molecule has 0 aliphatic carbocycles. The predicted molar refractivity (Wildman–Crippen MR) is 85.0 cm³/mol. The van der Waals surface area contributed by atoms with Crippen LogP contribution in [0.1, 0.15) is 11.3 Å². The van der Waals surface area contributed by atoms with Crippen LogP contribution in [-0.4, -0.2) is 31.8 Å². The fourth-order valence-electron chi connectivity index (χ4n) is 1.86. The highest BCUT2D eigenvalue weighted by Gasteiger charge is 2.24. The lowest BCUT2D eigenvalue weighted by molar-refractivity contribution is 0.463. The highest BCUT2D eigenvalue weighted by molar-refractivity contribution is 7.89. The Morgan fingerprint density at radius 2 is 2.19 bits per heavy atom. The van der Waals surface area contributed by atoms with E-state index in [4.69, 9.17) is 11.6 Å². The molecule has 0 saturated carbocycles. The molecule has 1 aromatic heterocycles. The van der Waals surface area contributed by atoms with Crippen molar-refractivity contribution in [2.24, 2.45) is 0 Å². The van der Waals surface area contributed by atoms with Crippen LogP contribution in [0.15, 0.2) is 34.0 Å². The Labute approximate surface area is 133 Å². The number of benzene rings is 1. The third-order valence-electron chi connectivity index (χ3n) is 2.93. The number of thiazole rings is 1. The zero-order chi connectivity index (χ0) is 15.5. The highest BCUT2D eigenvalue weighted by atomic mass is 35.5. The molecule has 2 aromatic rings. The van der Waals surface area contributed by atoms with Crippen molar-refractivity contribution in [1.82, 2.24) is 14.6 Å². The number of aromatic nitrogens is 1. The van der Waals surface area contributed by atoms with Crippen molar-refractivity contribution in [3.63, 3.8) is 0 Å². The molecule has 0 bridgehead atoms. The second-order valence-corrected chi connectivity index (χ2v) is 7.68. The fraction of sp³-hybridized carbons (Fsp3) is 0.308. The molecule has 0 spiro atoms. The summed E-state index contributed by atoms with van der Waals surface area (Å²) >= 11 is 7.50. The average Bonchev–Trinajstić information content (AvgIpc) is 2.94. The van der Waals surface area contributed by atoms with Gasteiger partial charge in [-0.25, -0.2) is 13.4 Å². The van der Waals surface area contributed by atoms with Gasteiger partial charge in [0.2, 0.25) is 10.0 Å². The van der Waals surface area contributed by atoms with Gasteiger partial charge in [0.1, 0.15) is 4.90 Å². The summed E-state index contributed by atoms with van der Waals surface area (Å²) in [6.45, 7) is 0.800. The summed E-state index contributed by atoms with van der Waals surface area (Å²) in [6.07, 6.45) is 0. The van der Waals surface area contributed by atoms with Gasteiger partial charge in [0.25, 0.3) is 0 Å². The summed E-state index contributed by atoms with van der Waals surface area (Å²) in [5.41, 5.74) is 3.26. The van der Waals surface area contributed by atoms with E-state index >= 15 is 0 Å². The number of sulfonamides is 1. The Kier molecular flexibility index (Phi) is 5.34. The van der Waals surface area contributed by atoms with Crippen molar-refractivity contribution in [3.05, 3.63) is 45.4 Å². The molecule has 2 rings (SSSR count). The molecule has 0 saturated heterocycles. The second kappa shape index (κ2) is 6.85. The number of hydrogen-bond acceptors (Lipinski definition) is 5. The van der Waals surface area contributed by atoms with E-state index in [2.05, 4.69) is 10.3 Å². The molecule has 0 amide bonds. The lowest BCUT2D eigenvalue weighted by atomic mass is 10.2. The van der Waals surface area contributed by atoms with Gasteiger partial charge in [-0.15, -0.1) is 11.3 Å². The number of hydrogen-bond donors (Lipinski definition) is 1. The molecular formula is C13H16ClN3O2S2. The highest BCUT2D eigenvalue weighted by Crippen LogP contribution is 2.26. The molecule has 1 N–H and O–H groups in total. The number of rotatable bonds is 6. The van der Waals surface area contributed by atoms with Crippen LogP contribution >= 0.6 is 22.9 Å². The molecule has 5 nitrogen and oxygen atoms in total. The minimum absolute atomic E-state index is 0.120. The minimum atomic E-state index is -3.65. The number of nitrogens with zero attached hydrogens (tertiary/aromatic N) is 2.